The van der Waals surface area contributed by atoms with Crippen LogP contribution >= 0.6 is 0 Å². The molecule has 1 aliphatic rings. The number of hydrogen-bond donors (Lipinski definition) is 0. The Morgan fingerprint density at radius 1 is 1.22 bits per heavy atom. The fourth-order valence-corrected chi connectivity index (χ4v) is 1.32. The van der Waals surface area contributed by atoms with Crippen molar-refractivity contribution in [3.05, 3.63) is 35.7 Å². The molecule has 0 spiro atoms. The van der Waals surface area contributed by atoms with Crippen molar-refractivity contribution in [3.63, 3.8) is 0 Å². The third-order valence-corrected chi connectivity index (χ3v) is 1.95. The summed E-state index contributed by atoms with van der Waals surface area (Å²) in [6, 6.07) is 0. The Hall–Kier alpha value is -0.296. The molecular weight excluding hydrogens is 337 g/mol. The largest absolute Gasteiger partial charge is 0.448 e. The molecule has 0 saturated carbocycles. The molecule has 0 N–H and O–H groups in total. The fourth-order valence-electron chi connectivity index (χ4n) is 1.32. The summed E-state index contributed by atoms with van der Waals surface area (Å²) in [6.07, 6.45) is -6.46. The normalized spacial score (nSPS) is 17.1. The predicted molar refractivity (Wildman–Crippen MR) is 48.5 cm³/mol. The zero-order valence-corrected chi connectivity index (χ0v) is 12.1. The number of alkyl halides is 6. The molecule has 8 heteroatoms. The third-order valence-electron chi connectivity index (χ3n) is 1.95. The van der Waals surface area contributed by atoms with E-state index >= 15 is 0 Å². The van der Waals surface area contributed by atoms with Gasteiger partial charge < -0.3 is 4.90 Å². The molecule has 0 aromatic carbocycles. The molecular formula is C10H8F6NY-. The van der Waals surface area contributed by atoms with Gasteiger partial charge in [0.2, 0.25) is 0 Å². The molecule has 0 fully saturated rings. The van der Waals surface area contributed by atoms with Crippen LogP contribution in [0.5, 0.6) is 0 Å². The topological polar surface area (TPSA) is 3.24 Å². The van der Waals surface area contributed by atoms with Gasteiger partial charge >= 0.3 is 12.4 Å². The number of allylic oxidation sites excluding steroid dienone is 3. The van der Waals surface area contributed by atoms with E-state index < -0.39 is 30.2 Å². The minimum atomic E-state index is -4.73. The van der Waals surface area contributed by atoms with Gasteiger partial charge in [-0.05, 0) is 5.57 Å². The Morgan fingerprint density at radius 3 is 2.11 bits per heavy atom. The second-order valence-corrected chi connectivity index (χ2v) is 3.50. The van der Waals surface area contributed by atoms with E-state index in [2.05, 4.69) is 12.8 Å². The average molecular weight is 345 g/mol. The van der Waals surface area contributed by atoms with Gasteiger partial charge in [0.1, 0.15) is 0 Å². The Bertz CT molecular complexity index is 390. The molecule has 0 aromatic heterocycles. The second-order valence-electron chi connectivity index (χ2n) is 3.50. The van der Waals surface area contributed by atoms with Gasteiger partial charge in [0, 0.05) is 32.7 Å². The Kier molecular flexibility index (Phi) is 5.68. The van der Waals surface area contributed by atoms with Crippen LogP contribution in [0.25, 0.3) is 0 Å². The summed E-state index contributed by atoms with van der Waals surface area (Å²) in [4.78, 5) is 0.332. The molecule has 0 saturated heterocycles. The first-order chi connectivity index (χ1) is 7.50. The van der Waals surface area contributed by atoms with Crippen molar-refractivity contribution in [1.29, 1.82) is 0 Å². The summed E-state index contributed by atoms with van der Waals surface area (Å²) in [6.45, 7) is 2.72. The smallest absolute Gasteiger partial charge is 0.404 e. The number of nitrogens with zero attached hydrogens (tertiary/aromatic N) is 1. The van der Waals surface area contributed by atoms with E-state index in [9.17, 15) is 26.3 Å². The van der Waals surface area contributed by atoms with Crippen molar-refractivity contribution in [2.45, 2.75) is 19.3 Å². The summed E-state index contributed by atoms with van der Waals surface area (Å²) in [5.74, 6) is 0. The van der Waals surface area contributed by atoms with Gasteiger partial charge in [-0.1, -0.05) is 18.8 Å². The molecule has 1 radical (unpaired) electrons. The standard InChI is InChI=1S/C10H8F6N.Y/c1-6-3-8(10(14,15)16)7(2)17(4-6)5-9(11,12)13;/h3H,2,5H2,1H3;/q-1;. The van der Waals surface area contributed by atoms with Gasteiger partial charge in [-0.25, -0.2) is 0 Å². The summed E-state index contributed by atoms with van der Waals surface area (Å²) in [5.41, 5.74) is -1.97. The van der Waals surface area contributed by atoms with Crippen LogP contribution in [-0.2, 0) is 32.7 Å². The van der Waals surface area contributed by atoms with Gasteiger partial charge in [0.15, 0.2) is 0 Å². The zero-order chi connectivity index (χ0) is 13.4. The minimum absolute atomic E-state index is 0. The molecule has 18 heavy (non-hydrogen) atoms. The van der Waals surface area contributed by atoms with Gasteiger partial charge in [-0.15, -0.1) is 12.2 Å². The maximum Gasteiger partial charge on any atom is 0.404 e. The SMILES string of the molecule is C=C1C(C(F)(F)F)=CC(C)=[C-]N1CC(F)(F)F.[Y]. The first kappa shape index (κ1) is 17.7. The van der Waals surface area contributed by atoms with Gasteiger partial charge in [0.05, 0.1) is 6.54 Å². The summed E-state index contributed by atoms with van der Waals surface area (Å²) >= 11 is 0. The van der Waals surface area contributed by atoms with E-state index in [4.69, 9.17) is 0 Å². The summed E-state index contributed by atoms with van der Waals surface area (Å²) < 4.78 is 73.9. The van der Waals surface area contributed by atoms with E-state index in [1.165, 1.54) is 6.92 Å². The zero-order valence-electron chi connectivity index (χ0n) is 9.28. The number of halogens is 6. The molecule has 1 rings (SSSR count). The maximum atomic E-state index is 12.5. The van der Waals surface area contributed by atoms with Crippen molar-refractivity contribution in [3.8, 4) is 0 Å². The minimum Gasteiger partial charge on any atom is -0.448 e. The first-order valence-corrected chi connectivity index (χ1v) is 4.43. The van der Waals surface area contributed by atoms with Crippen LogP contribution in [0.3, 0.4) is 0 Å². The Morgan fingerprint density at radius 2 is 1.72 bits per heavy atom. The van der Waals surface area contributed by atoms with Crippen molar-refractivity contribution in [2.24, 2.45) is 0 Å². The van der Waals surface area contributed by atoms with Crippen LogP contribution < -0.4 is 0 Å². The van der Waals surface area contributed by atoms with E-state index in [1.54, 1.807) is 0 Å². The number of hydrogen-bond acceptors (Lipinski definition) is 1. The van der Waals surface area contributed by atoms with Crippen LogP contribution in [0.15, 0.2) is 29.5 Å². The molecule has 1 nitrogen and oxygen atoms in total. The molecule has 0 aromatic rings. The van der Waals surface area contributed by atoms with Crippen molar-refractivity contribution in [1.82, 2.24) is 4.90 Å². The van der Waals surface area contributed by atoms with Gasteiger partial charge in [-0.2, -0.15) is 32.4 Å². The van der Waals surface area contributed by atoms with Crippen LogP contribution in [0, 0.1) is 6.20 Å². The van der Waals surface area contributed by atoms with Crippen LogP contribution in [0.2, 0.25) is 0 Å². The van der Waals surface area contributed by atoms with E-state index in [1.807, 2.05) is 0 Å². The van der Waals surface area contributed by atoms with E-state index in [-0.39, 0.29) is 38.3 Å². The van der Waals surface area contributed by atoms with Gasteiger partial charge in [0.25, 0.3) is 0 Å². The van der Waals surface area contributed by atoms with E-state index in [0.29, 0.717) is 4.90 Å². The van der Waals surface area contributed by atoms with Crippen LogP contribution in [0.1, 0.15) is 6.92 Å². The van der Waals surface area contributed by atoms with Crippen molar-refractivity contribution < 1.29 is 59.1 Å². The van der Waals surface area contributed by atoms with Crippen molar-refractivity contribution >= 4 is 0 Å². The molecule has 0 bridgehead atoms. The van der Waals surface area contributed by atoms with Crippen LogP contribution in [0.4, 0.5) is 26.3 Å². The molecule has 1 heterocycles. The first-order valence-electron chi connectivity index (χ1n) is 4.43. The molecule has 99 valence electrons. The molecule has 1 aliphatic heterocycles. The van der Waals surface area contributed by atoms with E-state index in [0.717, 1.165) is 6.08 Å². The molecule has 0 atom stereocenters. The second kappa shape index (κ2) is 5.78. The predicted octanol–water partition coefficient (Wildman–Crippen LogP) is 3.57. The Balaban J connectivity index is 0.00000289. The summed E-state index contributed by atoms with van der Waals surface area (Å²) in [5, 5.41) is 0. The maximum absolute atomic E-state index is 12.5. The fraction of sp³-hybridized carbons (Fsp3) is 0.400. The monoisotopic (exact) mass is 345 g/mol. The number of rotatable bonds is 1. The summed E-state index contributed by atoms with van der Waals surface area (Å²) in [7, 11) is 0. The third kappa shape index (κ3) is 4.76. The van der Waals surface area contributed by atoms with Crippen molar-refractivity contribution in [2.75, 3.05) is 6.54 Å². The molecule has 0 unspecified atom stereocenters. The Labute approximate surface area is 125 Å². The molecule has 0 amide bonds. The quantitative estimate of drug-likeness (QED) is 0.519. The van der Waals surface area contributed by atoms with Gasteiger partial charge in [-0.3, -0.25) is 0 Å². The van der Waals surface area contributed by atoms with Crippen LogP contribution in [-0.4, -0.2) is 23.8 Å². The average Bonchev–Trinajstić information content (AvgIpc) is 2.06. The molecule has 0 aliphatic carbocycles.